The Bertz CT molecular complexity index is 446. The fraction of sp³-hybridized carbons (Fsp3) is 0.500. The average Bonchev–Trinajstić information content (AvgIpc) is 2.08. The second kappa shape index (κ2) is 5.36. The molecule has 0 aliphatic heterocycles. The smallest absolute Gasteiger partial charge is 0.303 e. The van der Waals surface area contributed by atoms with Gasteiger partial charge in [0.2, 0.25) is 0 Å². The Labute approximate surface area is 103 Å². The molecule has 0 spiro atoms. The Morgan fingerprint density at radius 2 is 1.56 bits per heavy atom. The van der Waals surface area contributed by atoms with Crippen LogP contribution in [0, 0.1) is 0 Å². The van der Waals surface area contributed by atoms with Gasteiger partial charge in [-0.3, -0.25) is 9.05 Å². The fourth-order valence-electron chi connectivity index (χ4n) is 1.64. The lowest BCUT2D eigenvalue weighted by Crippen LogP contribution is -2.30. The molecule has 0 amide bonds. The molecule has 8 nitrogen and oxygen atoms in total. The van der Waals surface area contributed by atoms with E-state index in [2.05, 4.69) is 22.2 Å². The molecule has 18 heavy (non-hydrogen) atoms. The van der Waals surface area contributed by atoms with Crippen molar-refractivity contribution >= 4 is 15.6 Å². The lowest BCUT2D eigenvalue weighted by Gasteiger charge is -2.32. The quantitative estimate of drug-likeness (QED) is 0.561. The van der Waals surface area contributed by atoms with Crippen LogP contribution in [0.5, 0.6) is 0 Å². The van der Waals surface area contributed by atoms with Gasteiger partial charge < -0.3 is 19.6 Å². The summed E-state index contributed by atoms with van der Waals surface area (Å²) in [5, 5.41) is 0. The first-order valence-electron chi connectivity index (χ1n) is 4.83. The maximum Gasteiger partial charge on any atom is 0.470 e. The standard InChI is InChI=1S/C8H14O8P2/c1-5-3-7(15-17(9,10)11)4-8(6(5)2)16-18(12,13)14/h7-8H,1-4H2,(H2,9,10,11)(H2,12,13,14). The van der Waals surface area contributed by atoms with Crippen LogP contribution in [0.4, 0.5) is 0 Å². The molecule has 2 atom stereocenters. The predicted molar refractivity (Wildman–Crippen MR) is 61.3 cm³/mol. The molecule has 104 valence electrons. The minimum atomic E-state index is -4.73. The van der Waals surface area contributed by atoms with Gasteiger partial charge in [0.25, 0.3) is 0 Å². The van der Waals surface area contributed by atoms with Crippen molar-refractivity contribution in [2.24, 2.45) is 0 Å². The number of hydrogen-bond donors (Lipinski definition) is 4. The summed E-state index contributed by atoms with van der Waals surface area (Å²) in [6.45, 7) is 7.16. The zero-order valence-electron chi connectivity index (χ0n) is 9.30. The van der Waals surface area contributed by atoms with E-state index >= 15 is 0 Å². The zero-order valence-corrected chi connectivity index (χ0v) is 11.1. The van der Waals surface area contributed by atoms with Gasteiger partial charge in [-0.15, -0.1) is 0 Å². The minimum absolute atomic E-state index is 0.116. The molecule has 1 fully saturated rings. The van der Waals surface area contributed by atoms with Crippen molar-refractivity contribution in [3.05, 3.63) is 24.3 Å². The van der Waals surface area contributed by atoms with Gasteiger partial charge in [-0.1, -0.05) is 13.2 Å². The first-order chi connectivity index (χ1) is 7.98. The van der Waals surface area contributed by atoms with Crippen LogP contribution < -0.4 is 0 Å². The highest BCUT2D eigenvalue weighted by Gasteiger charge is 2.35. The van der Waals surface area contributed by atoms with Crippen molar-refractivity contribution in [2.75, 3.05) is 0 Å². The number of phosphoric ester groups is 2. The predicted octanol–water partition coefficient (Wildman–Crippen LogP) is 0.848. The largest absolute Gasteiger partial charge is 0.470 e. The lowest BCUT2D eigenvalue weighted by molar-refractivity contribution is 0.0704. The summed E-state index contributed by atoms with van der Waals surface area (Å²) in [5.41, 5.74) is 0.655. The van der Waals surface area contributed by atoms with E-state index in [1.165, 1.54) is 0 Å². The summed E-state index contributed by atoms with van der Waals surface area (Å²) in [7, 11) is -9.41. The molecule has 0 aromatic rings. The van der Waals surface area contributed by atoms with Crippen molar-refractivity contribution < 1.29 is 37.8 Å². The van der Waals surface area contributed by atoms with Crippen molar-refractivity contribution in [1.29, 1.82) is 0 Å². The normalized spacial score (nSPS) is 26.4. The Balaban J connectivity index is 2.79. The highest BCUT2D eigenvalue weighted by Crippen LogP contribution is 2.46. The van der Waals surface area contributed by atoms with Crippen LogP contribution in [0.25, 0.3) is 0 Å². The van der Waals surface area contributed by atoms with E-state index in [9.17, 15) is 9.13 Å². The zero-order chi connectivity index (χ0) is 14.1. The highest BCUT2D eigenvalue weighted by atomic mass is 31.2. The summed E-state index contributed by atoms with van der Waals surface area (Å²) >= 11 is 0. The molecule has 1 saturated carbocycles. The maximum absolute atomic E-state index is 10.8. The Morgan fingerprint density at radius 3 is 2.00 bits per heavy atom. The highest BCUT2D eigenvalue weighted by molar-refractivity contribution is 7.46. The summed E-state index contributed by atoms with van der Waals surface area (Å²) in [6.07, 6.45) is -2.01. The molecule has 0 bridgehead atoms. The molecule has 2 unspecified atom stereocenters. The first-order valence-corrected chi connectivity index (χ1v) is 7.89. The van der Waals surface area contributed by atoms with Crippen LogP contribution in [-0.2, 0) is 18.2 Å². The lowest BCUT2D eigenvalue weighted by atomic mass is 9.87. The molecule has 0 aromatic carbocycles. The van der Waals surface area contributed by atoms with Crippen molar-refractivity contribution in [2.45, 2.75) is 25.0 Å². The van der Waals surface area contributed by atoms with E-state index in [0.29, 0.717) is 5.57 Å². The topological polar surface area (TPSA) is 134 Å². The first kappa shape index (κ1) is 15.8. The number of hydrogen-bond acceptors (Lipinski definition) is 4. The van der Waals surface area contributed by atoms with Crippen LogP contribution in [0.1, 0.15) is 12.8 Å². The molecule has 10 heteroatoms. The summed E-state index contributed by atoms with van der Waals surface area (Å²) in [6, 6.07) is 0. The molecule has 0 radical (unpaired) electrons. The van der Waals surface area contributed by atoms with Crippen molar-refractivity contribution in [3.63, 3.8) is 0 Å². The third-order valence-electron chi connectivity index (χ3n) is 2.34. The maximum atomic E-state index is 10.8. The summed E-state index contributed by atoms with van der Waals surface area (Å²) in [5.74, 6) is 0. The molecule has 1 rings (SSSR count). The number of phosphoric acid groups is 2. The minimum Gasteiger partial charge on any atom is -0.303 e. The van der Waals surface area contributed by atoms with Crippen LogP contribution in [-0.4, -0.2) is 31.8 Å². The van der Waals surface area contributed by atoms with E-state index in [4.69, 9.17) is 19.6 Å². The van der Waals surface area contributed by atoms with Crippen LogP contribution in [0.15, 0.2) is 24.3 Å². The molecule has 1 aliphatic rings. The van der Waals surface area contributed by atoms with Gasteiger partial charge in [0.15, 0.2) is 0 Å². The van der Waals surface area contributed by atoms with Gasteiger partial charge in [-0.25, -0.2) is 9.13 Å². The average molecular weight is 300 g/mol. The summed E-state index contributed by atoms with van der Waals surface area (Å²) in [4.78, 5) is 34.8. The SMILES string of the molecule is C=C1CC(OP(=O)(O)O)CC(OP(=O)(O)O)C1=C. The van der Waals surface area contributed by atoms with E-state index in [1.807, 2.05) is 0 Å². The molecule has 0 heterocycles. The Hall–Kier alpha value is -0.300. The van der Waals surface area contributed by atoms with Crippen molar-refractivity contribution in [1.82, 2.24) is 0 Å². The molecule has 0 saturated heterocycles. The fourth-order valence-corrected chi connectivity index (χ4v) is 2.74. The Kier molecular flexibility index (Phi) is 4.70. The van der Waals surface area contributed by atoms with E-state index in [0.717, 1.165) is 0 Å². The Morgan fingerprint density at radius 1 is 1.06 bits per heavy atom. The summed E-state index contributed by atoms with van der Waals surface area (Å²) < 4.78 is 30.4. The van der Waals surface area contributed by atoms with E-state index in [-0.39, 0.29) is 18.4 Å². The molecule has 1 aliphatic carbocycles. The van der Waals surface area contributed by atoms with Crippen LogP contribution >= 0.6 is 15.6 Å². The third kappa shape index (κ3) is 5.14. The van der Waals surface area contributed by atoms with E-state index < -0.39 is 27.9 Å². The van der Waals surface area contributed by atoms with Gasteiger partial charge in [0.05, 0.1) is 12.2 Å². The molecular formula is C8H14O8P2. The van der Waals surface area contributed by atoms with Gasteiger partial charge in [0, 0.05) is 6.42 Å². The third-order valence-corrected chi connectivity index (χ3v) is 3.45. The second-order valence-corrected chi connectivity index (χ2v) is 6.26. The van der Waals surface area contributed by atoms with Crippen molar-refractivity contribution in [3.8, 4) is 0 Å². The molecular weight excluding hydrogens is 286 g/mol. The van der Waals surface area contributed by atoms with Gasteiger partial charge in [-0.2, -0.15) is 0 Å². The second-order valence-electron chi connectivity index (χ2n) is 3.87. The van der Waals surface area contributed by atoms with Gasteiger partial charge >= 0.3 is 15.6 Å². The molecule has 4 N–H and O–H groups in total. The van der Waals surface area contributed by atoms with Crippen LogP contribution in [0.2, 0.25) is 0 Å². The van der Waals surface area contributed by atoms with E-state index in [1.54, 1.807) is 0 Å². The van der Waals surface area contributed by atoms with Gasteiger partial charge in [-0.05, 0) is 17.6 Å². The van der Waals surface area contributed by atoms with Gasteiger partial charge in [0.1, 0.15) is 0 Å². The van der Waals surface area contributed by atoms with Crippen LogP contribution in [0.3, 0.4) is 0 Å². The number of rotatable bonds is 4. The monoisotopic (exact) mass is 300 g/mol. The molecule has 0 aromatic heterocycles.